The maximum atomic E-state index is 11.4. The summed E-state index contributed by atoms with van der Waals surface area (Å²) in [5, 5.41) is 0. The second-order valence-electron chi connectivity index (χ2n) is 3.96. The van der Waals surface area contributed by atoms with Gasteiger partial charge in [-0.25, -0.2) is 8.42 Å². The van der Waals surface area contributed by atoms with Crippen molar-refractivity contribution < 1.29 is 13.2 Å². The first-order valence-corrected chi connectivity index (χ1v) is 6.68. The lowest BCUT2D eigenvalue weighted by Crippen LogP contribution is -2.51. The van der Waals surface area contributed by atoms with Gasteiger partial charge in [0.1, 0.15) is 0 Å². The van der Waals surface area contributed by atoms with E-state index < -0.39 is 9.84 Å². The van der Waals surface area contributed by atoms with Gasteiger partial charge in [-0.3, -0.25) is 4.90 Å². The van der Waals surface area contributed by atoms with Crippen LogP contribution in [0.25, 0.3) is 0 Å². The molecule has 2 aliphatic rings. The van der Waals surface area contributed by atoms with Gasteiger partial charge in [0.15, 0.2) is 9.84 Å². The highest BCUT2D eigenvalue weighted by atomic mass is 32.2. The Bertz CT molecular complexity index is 298. The molecule has 0 saturated carbocycles. The van der Waals surface area contributed by atoms with Crippen LogP contribution in [-0.2, 0) is 14.6 Å². The van der Waals surface area contributed by atoms with Gasteiger partial charge in [-0.15, -0.1) is 0 Å². The van der Waals surface area contributed by atoms with Crippen LogP contribution < -0.4 is 5.73 Å². The quantitative estimate of drug-likeness (QED) is 0.579. The summed E-state index contributed by atoms with van der Waals surface area (Å²) in [5.74, 6) is 0.350. The normalized spacial score (nSPS) is 38.6. The lowest BCUT2D eigenvalue weighted by atomic mass is 10.1. The second-order valence-corrected chi connectivity index (χ2v) is 6.11. The summed E-state index contributed by atoms with van der Waals surface area (Å²) in [4.78, 5) is 2.14. The Morgan fingerprint density at radius 3 is 2.36 bits per heavy atom. The lowest BCUT2D eigenvalue weighted by Gasteiger charge is -2.33. The fourth-order valence-corrected chi connectivity index (χ4v) is 4.06. The summed E-state index contributed by atoms with van der Waals surface area (Å²) in [6.07, 6.45) is 0. The second kappa shape index (κ2) is 3.77. The molecule has 0 radical (unpaired) electrons. The molecule has 0 aromatic carbocycles. The Labute approximate surface area is 84.1 Å². The topological polar surface area (TPSA) is 72.6 Å². The van der Waals surface area contributed by atoms with Crippen molar-refractivity contribution in [2.24, 2.45) is 5.73 Å². The number of hydrogen-bond acceptors (Lipinski definition) is 5. The molecule has 14 heavy (non-hydrogen) atoms. The Morgan fingerprint density at radius 1 is 1.21 bits per heavy atom. The van der Waals surface area contributed by atoms with E-state index >= 15 is 0 Å². The third-order valence-corrected chi connectivity index (χ3v) is 4.62. The van der Waals surface area contributed by atoms with E-state index in [1.807, 2.05) is 0 Å². The van der Waals surface area contributed by atoms with Gasteiger partial charge in [0.05, 0.1) is 24.7 Å². The maximum Gasteiger partial charge on any atom is 0.153 e. The van der Waals surface area contributed by atoms with Crippen LogP contribution in [0.2, 0.25) is 0 Å². The van der Waals surface area contributed by atoms with Gasteiger partial charge in [-0.1, -0.05) is 0 Å². The third-order valence-electron chi connectivity index (χ3n) is 2.88. The van der Waals surface area contributed by atoms with E-state index in [-0.39, 0.29) is 23.6 Å². The van der Waals surface area contributed by atoms with Gasteiger partial charge in [-0.2, -0.15) is 0 Å². The molecular weight excluding hydrogens is 204 g/mol. The first-order valence-electron chi connectivity index (χ1n) is 4.86. The molecular formula is C8H16N2O3S. The summed E-state index contributed by atoms with van der Waals surface area (Å²) in [6, 6.07) is -0.220. The molecule has 0 aromatic heterocycles. The zero-order valence-electron chi connectivity index (χ0n) is 8.05. The van der Waals surface area contributed by atoms with Gasteiger partial charge < -0.3 is 10.5 Å². The molecule has 2 rings (SSSR count). The standard InChI is InChI=1S/C8H16N2O3S/c9-7-5-14(11,12)6-8(7)10-1-3-13-4-2-10/h7-8H,1-6,9H2/t7-,8+/m1/s1. The Hall–Kier alpha value is -0.170. The predicted molar refractivity (Wildman–Crippen MR) is 52.8 cm³/mol. The molecule has 2 aliphatic heterocycles. The third kappa shape index (κ3) is 2.08. The average molecular weight is 220 g/mol. The molecule has 2 saturated heterocycles. The van der Waals surface area contributed by atoms with E-state index in [4.69, 9.17) is 10.5 Å². The van der Waals surface area contributed by atoms with Gasteiger partial charge in [0, 0.05) is 25.2 Å². The van der Waals surface area contributed by atoms with E-state index in [0.29, 0.717) is 13.2 Å². The Kier molecular flexibility index (Phi) is 2.79. The fraction of sp³-hybridized carbons (Fsp3) is 1.00. The smallest absolute Gasteiger partial charge is 0.153 e. The van der Waals surface area contributed by atoms with Crippen LogP contribution >= 0.6 is 0 Å². The molecule has 0 amide bonds. The average Bonchev–Trinajstić information content (AvgIpc) is 2.41. The molecule has 82 valence electrons. The first kappa shape index (κ1) is 10.4. The van der Waals surface area contributed by atoms with Gasteiger partial charge >= 0.3 is 0 Å². The zero-order valence-corrected chi connectivity index (χ0v) is 8.87. The van der Waals surface area contributed by atoms with Crippen LogP contribution in [0.3, 0.4) is 0 Å². The summed E-state index contributed by atoms with van der Waals surface area (Å²) in [5.41, 5.74) is 5.82. The van der Waals surface area contributed by atoms with Crippen molar-refractivity contribution in [3.05, 3.63) is 0 Å². The number of hydrogen-bond donors (Lipinski definition) is 1. The molecule has 0 aliphatic carbocycles. The molecule has 0 aromatic rings. The van der Waals surface area contributed by atoms with E-state index in [1.165, 1.54) is 0 Å². The molecule has 6 heteroatoms. The van der Waals surface area contributed by atoms with Crippen molar-refractivity contribution in [3.63, 3.8) is 0 Å². The van der Waals surface area contributed by atoms with Gasteiger partial charge in [-0.05, 0) is 0 Å². The maximum absolute atomic E-state index is 11.4. The number of rotatable bonds is 1. The van der Waals surface area contributed by atoms with Crippen molar-refractivity contribution in [2.75, 3.05) is 37.8 Å². The number of nitrogens with zero attached hydrogens (tertiary/aromatic N) is 1. The van der Waals surface area contributed by atoms with E-state index in [0.717, 1.165) is 13.1 Å². The molecule has 2 heterocycles. The summed E-state index contributed by atoms with van der Waals surface area (Å²) >= 11 is 0. The zero-order chi connectivity index (χ0) is 10.2. The first-order chi connectivity index (χ1) is 6.58. The monoisotopic (exact) mass is 220 g/mol. The van der Waals surface area contributed by atoms with Gasteiger partial charge in [0.25, 0.3) is 0 Å². The highest BCUT2D eigenvalue weighted by Crippen LogP contribution is 2.17. The van der Waals surface area contributed by atoms with Crippen LogP contribution in [0.1, 0.15) is 0 Å². The number of morpholine rings is 1. The van der Waals surface area contributed by atoms with Crippen molar-refractivity contribution >= 4 is 9.84 Å². The summed E-state index contributed by atoms with van der Waals surface area (Å²) in [7, 11) is -2.90. The molecule has 2 N–H and O–H groups in total. The van der Waals surface area contributed by atoms with Crippen molar-refractivity contribution in [1.29, 1.82) is 0 Å². The van der Waals surface area contributed by atoms with Crippen LogP contribution in [0.4, 0.5) is 0 Å². The van der Waals surface area contributed by atoms with Crippen LogP contribution in [0.15, 0.2) is 0 Å². The van der Waals surface area contributed by atoms with Crippen molar-refractivity contribution in [1.82, 2.24) is 4.90 Å². The van der Waals surface area contributed by atoms with E-state index in [2.05, 4.69) is 4.90 Å². The minimum atomic E-state index is -2.90. The number of nitrogens with two attached hydrogens (primary N) is 1. The Balaban J connectivity index is 2.04. The number of ether oxygens (including phenoxy) is 1. The molecule has 0 unspecified atom stereocenters. The summed E-state index contributed by atoms with van der Waals surface area (Å²) < 4.78 is 27.9. The number of sulfone groups is 1. The molecule has 5 nitrogen and oxygen atoms in total. The van der Waals surface area contributed by atoms with Crippen molar-refractivity contribution in [2.45, 2.75) is 12.1 Å². The van der Waals surface area contributed by atoms with E-state index in [9.17, 15) is 8.42 Å². The van der Waals surface area contributed by atoms with Crippen LogP contribution in [-0.4, -0.2) is 63.2 Å². The highest BCUT2D eigenvalue weighted by Gasteiger charge is 2.39. The minimum absolute atomic E-state index is 0.00361. The minimum Gasteiger partial charge on any atom is -0.379 e. The van der Waals surface area contributed by atoms with Crippen LogP contribution in [0.5, 0.6) is 0 Å². The SMILES string of the molecule is N[C@@H]1CS(=O)(=O)C[C@@H]1N1CCOCC1. The van der Waals surface area contributed by atoms with E-state index in [1.54, 1.807) is 0 Å². The van der Waals surface area contributed by atoms with Crippen LogP contribution in [0, 0.1) is 0 Å². The lowest BCUT2D eigenvalue weighted by molar-refractivity contribution is 0.0188. The van der Waals surface area contributed by atoms with Gasteiger partial charge in [0.2, 0.25) is 0 Å². The highest BCUT2D eigenvalue weighted by molar-refractivity contribution is 7.91. The molecule has 2 atom stereocenters. The summed E-state index contributed by atoms with van der Waals surface area (Å²) in [6.45, 7) is 2.97. The molecule has 0 bridgehead atoms. The predicted octanol–water partition coefficient (Wildman–Crippen LogP) is -1.56. The Morgan fingerprint density at radius 2 is 1.86 bits per heavy atom. The largest absolute Gasteiger partial charge is 0.379 e. The van der Waals surface area contributed by atoms with Crippen molar-refractivity contribution in [3.8, 4) is 0 Å². The fourth-order valence-electron chi connectivity index (χ4n) is 2.14. The molecule has 2 fully saturated rings. The molecule has 0 spiro atoms.